The Balaban J connectivity index is 1.62. The predicted octanol–water partition coefficient (Wildman–Crippen LogP) is 6.20. The molecule has 146 valence electrons. The van der Waals surface area contributed by atoms with Crippen molar-refractivity contribution in [2.75, 3.05) is 25.0 Å². The predicted molar refractivity (Wildman–Crippen MR) is 114 cm³/mol. The Morgan fingerprint density at radius 2 is 1.69 bits per heavy atom. The average molecular weight is 357 g/mol. The number of nitrogens with zero attached hydrogens (tertiary/aromatic N) is 1. The van der Waals surface area contributed by atoms with Crippen molar-refractivity contribution in [3.05, 3.63) is 28.8 Å². The highest BCUT2D eigenvalue weighted by Crippen LogP contribution is 2.48. The molecule has 2 nitrogen and oxygen atoms in total. The molecule has 0 aliphatic carbocycles. The number of unbranched alkanes of at least 4 members (excludes halogenated alkanes) is 4. The molecule has 1 spiro atoms. The summed E-state index contributed by atoms with van der Waals surface area (Å²) < 4.78 is 0. The first-order valence-electron chi connectivity index (χ1n) is 11.0. The lowest BCUT2D eigenvalue weighted by Crippen LogP contribution is -2.54. The number of anilines is 1. The smallest absolute Gasteiger partial charge is 0.0412 e. The molecule has 1 aromatic carbocycles. The van der Waals surface area contributed by atoms with Crippen molar-refractivity contribution in [3.8, 4) is 0 Å². The second kappa shape index (κ2) is 7.92. The average Bonchev–Trinajstić information content (AvgIpc) is 2.57. The minimum Gasteiger partial charge on any atom is -0.379 e. The van der Waals surface area contributed by atoms with Gasteiger partial charge in [-0.15, -0.1) is 0 Å². The fourth-order valence-corrected chi connectivity index (χ4v) is 5.36. The highest BCUT2D eigenvalue weighted by Gasteiger charge is 2.44. The Kier molecular flexibility index (Phi) is 6.01. The zero-order chi connectivity index (χ0) is 18.8. The molecule has 0 saturated carbocycles. The van der Waals surface area contributed by atoms with E-state index in [1.165, 1.54) is 93.4 Å². The van der Waals surface area contributed by atoms with Crippen LogP contribution in [0.1, 0.15) is 88.8 Å². The number of aryl methyl sites for hydroxylation is 2. The van der Waals surface area contributed by atoms with Gasteiger partial charge in [-0.3, -0.25) is 0 Å². The number of benzene rings is 1. The van der Waals surface area contributed by atoms with Gasteiger partial charge in [-0.25, -0.2) is 0 Å². The van der Waals surface area contributed by atoms with Crippen LogP contribution < -0.4 is 5.32 Å². The van der Waals surface area contributed by atoms with Gasteiger partial charge in [0.05, 0.1) is 0 Å². The summed E-state index contributed by atoms with van der Waals surface area (Å²) in [5.74, 6) is 0. The van der Waals surface area contributed by atoms with Crippen LogP contribution in [-0.2, 0) is 5.41 Å². The Bertz CT molecular complexity index is 609. The zero-order valence-corrected chi connectivity index (χ0v) is 17.9. The topological polar surface area (TPSA) is 15.3 Å². The SMILES string of the molecule is CCCCCCCN1CCC2(CC1)CC(C)(C)c1cc(C)cc(C)c1N2. The minimum atomic E-state index is 0.264. The molecule has 2 aliphatic rings. The van der Waals surface area contributed by atoms with Gasteiger partial charge in [-0.1, -0.05) is 64.2 Å². The van der Waals surface area contributed by atoms with Gasteiger partial charge in [-0.2, -0.15) is 0 Å². The number of hydrogen-bond donors (Lipinski definition) is 1. The van der Waals surface area contributed by atoms with Crippen LogP contribution in [0.15, 0.2) is 12.1 Å². The minimum absolute atomic E-state index is 0.264. The highest BCUT2D eigenvalue weighted by molar-refractivity contribution is 5.65. The number of nitrogens with one attached hydrogen (secondary N) is 1. The fourth-order valence-electron chi connectivity index (χ4n) is 5.36. The van der Waals surface area contributed by atoms with Gasteiger partial charge in [0.1, 0.15) is 0 Å². The van der Waals surface area contributed by atoms with Crippen LogP contribution in [0.25, 0.3) is 0 Å². The van der Waals surface area contributed by atoms with Crippen molar-refractivity contribution in [1.82, 2.24) is 4.90 Å². The number of rotatable bonds is 6. The molecule has 1 fully saturated rings. The van der Waals surface area contributed by atoms with Crippen LogP contribution in [-0.4, -0.2) is 30.1 Å². The van der Waals surface area contributed by atoms with E-state index in [2.05, 4.69) is 57.0 Å². The molecule has 0 aromatic heterocycles. The van der Waals surface area contributed by atoms with Crippen LogP contribution in [0, 0.1) is 13.8 Å². The number of hydrogen-bond acceptors (Lipinski definition) is 2. The van der Waals surface area contributed by atoms with Crippen LogP contribution in [0.4, 0.5) is 5.69 Å². The molecule has 1 saturated heterocycles. The molecule has 1 aromatic rings. The zero-order valence-electron chi connectivity index (χ0n) is 17.9. The van der Waals surface area contributed by atoms with Crippen LogP contribution >= 0.6 is 0 Å². The Morgan fingerprint density at radius 3 is 2.38 bits per heavy atom. The van der Waals surface area contributed by atoms with Crippen LogP contribution in [0.3, 0.4) is 0 Å². The Hall–Kier alpha value is -1.02. The first-order valence-corrected chi connectivity index (χ1v) is 11.0. The van der Waals surface area contributed by atoms with Crippen molar-refractivity contribution < 1.29 is 0 Å². The van der Waals surface area contributed by atoms with Gasteiger partial charge >= 0.3 is 0 Å². The van der Waals surface area contributed by atoms with E-state index >= 15 is 0 Å². The normalized spacial score (nSPS) is 21.4. The lowest BCUT2D eigenvalue weighted by atomic mass is 9.66. The van der Waals surface area contributed by atoms with E-state index in [9.17, 15) is 0 Å². The molecule has 2 aliphatic heterocycles. The lowest BCUT2D eigenvalue weighted by molar-refractivity contribution is 0.145. The third kappa shape index (κ3) is 4.27. The van der Waals surface area contributed by atoms with Crippen LogP contribution in [0.2, 0.25) is 0 Å². The lowest BCUT2D eigenvalue weighted by Gasteiger charge is -2.51. The van der Waals surface area contributed by atoms with Gasteiger partial charge in [0.15, 0.2) is 0 Å². The van der Waals surface area contributed by atoms with E-state index in [-0.39, 0.29) is 5.41 Å². The second-order valence-corrected chi connectivity index (χ2v) is 9.73. The summed E-state index contributed by atoms with van der Waals surface area (Å²) in [5.41, 5.74) is 6.34. The maximum atomic E-state index is 4.04. The van der Waals surface area contributed by atoms with Gasteiger partial charge in [-0.05, 0) is 62.6 Å². The third-order valence-corrected chi connectivity index (χ3v) is 6.77. The number of likely N-dealkylation sites (tertiary alicyclic amines) is 1. The van der Waals surface area contributed by atoms with E-state index < -0.39 is 0 Å². The molecule has 26 heavy (non-hydrogen) atoms. The van der Waals surface area contributed by atoms with Crippen molar-refractivity contribution >= 4 is 5.69 Å². The maximum Gasteiger partial charge on any atom is 0.0412 e. The summed E-state index contributed by atoms with van der Waals surface area (Å²) in [6, 6.07) is 4.75. The molecular weight excluding hydrogens is 316 g/mol. The summed E-state index contributed by atoms with van der Waals surface area (Å²) in [6.07, 6.45) is 10.8. The van der Waals surface area contributed by atoms with Crippen molar-refractivity contribution in [2.24, 2.45) is 0 Å². The molecule has 0 unspecified atom stereocenters. The largest absolute Gasteiger partial charge is 0.379 e. The standard InChI is InChI=1S/C24H40N2/c1-6-7-8-9-10-13-26-14-11-24(12-15-26)18-23(4,5)21-17-19(2)16-20(3)22(21)25-24/h16-17,25H,6-15,18H2,1-5H3. The highest BCUT2D eigenvalue weighted by atomic mass is 15.2. The quantitative estimate of drug-likeness (QED) is 0.610. The molecule has 3 rings (SSSR count). The summed E-state index contributed by atoms with van der Waals surface area (Å²) in [7, 11) is 0. The summed E-state index contributed by atoms with van der Waals surface area (Å²) in [4.78, 5) is 2.71. The molecular formula is C24H40N2. The molecule has 2 heteroatoms. The number of fused-ring (bicyclic) bond motifs is 1. The van der Waals surface area contributed by atoms with E-state index in [0.29, 0.717) is 5.54 Å². The molecule has 0 bridgehead atoms. The molecule has 2 heterocycles. The van der Waals surface area contributed by atoms with Crippen molar-refractivity contribution in [1.29, 1.82) is 0 Å². The monoisotopic (exact) mass is 356 g/mol. The summed E-state index contributed by atoms with van der Waals surface area (Å²) >= 11 is 0. The fraction of sp³-hybridized carbons (Fsp3) is 0.750. The van der Waals surface area contributed by atoms with E-state index in [4.69, 9.17) is 0 Å². The molecule has 0 amide bonds. The number of piperidine rings is 1. The van der Waals surface area contributed by atoms with Crippen LogP contribution in [0.5, 0.6) is 0 Å². The first-order chi connectivity index (χ1) is 12.4. The van der Waals surface area contributed by atoms with E-state index in [0.717, 1.165) is 0 Å². The van der Waals surface area contributed by atoms with Gasteiger partial charge in [0.25, 0.3) is 0 Å². The van der Waals surface area contributed by atoms with Crippen molar-refractivity contribution in [3.63, 3.8) is 0 Å². The molecule has 1 N–H and O–H groups in total. The van der Waals surface area contributed by atoms with E-state index in [1.54, 1.807) is 0 Å². The Labute approximate surface area is 161 Å². The molecule has 0 radical (unpaired) electrons. The molecule has 0 atom stereocenters. The Morgan fingerprint density at radius 1 is 1.00 bits per heavy atom. The van der Waals surface area contributed by atoms with Gasteiger partial charge in [0, 0.05) is 24.3 Å². The van der Waals surface area contributed by atoms with E-state index in [1.807, 2.05) is 0 Å². The van der Waals surface area contributed by atoms with Gasteiger partial charge in [0.2, 0.25) is 0 Å². The maximum absolute atomic E-state index is 4.04. The summed E-state index contributed by atoms with van der Waals surface area (Å²) in [6.45, 7) is 15.5. The third-order valence-electron chi connectivity index (χ3n) is 6.77. The first kappa shape index (κ1) is 19.7. The second-order valence-electron chi connectivity index (χ2n) is 9.73. The summed E-state index contributed by atoms with van der Waals surface area (Å²) in [5, 5.41) is 4.04. The van der Waals surface area contributed by atoms with Crippen molar-refractivity contribution in [2.45, 2.75) is 96.9 Å². The van der Waals surface area contributed by atoms with Gasteiger partial charge < -0.3 is 10.2 Å².